The molecule has 0 unspecified atom stereocenters. The molecule has 4 fully saturated rings. The number of aromatic nitrogens is 2. The van der Waals surface area contributed by atoms with Gasteiger partial charge in [-0.1, -0.05) is 18.2 Å². The first-order valence-corrected chi connectivity index (χ1v) is 13.9. The topological polar surface area (TPSA) is 82.4 Å². The molecule has 1 heterocycles. The number of nitrogens with two attached hydrogens (primary N) is 1. The Balaban J connectivity index is 0.000000386. The van der Waals surface area contributed by atoms with Crippen LogP contribution in [0, 0.1) is 34.8 Å². The summed E-state index contributed by atoms with van der Waals surface area (Å²) in [6.07, 6.45) is 6.97. The normalized spacial score (nSPS) is 25.6. The summed E-state index contributed by atoms with van der Waals surface area (Å²) in [7, 11) is 0. The molecule has 0 spiro atoms. The Morgan fingerprint density at radius 1 is 0.775 bits per heavy atom. The molecule has 0 aliphatic heterocycles. The molecule has 6 nitrogen and oxygen atoms in total. The van der Waals surface area contributed by atoms with E-state index in [0.29, 0.717) is 35.5 Å². The van der Waals surface area contributed by atoms with Gasteiger partial charge in [0.15, 0.2) is 0 Å². The summed E-state index contributed by atoms with van der Waals surface area (Å²) in [5.74, 6) is 6.59. The van der Waals surface area contributed by atoms with Crippen molar-refractivity contribution in [3.63, 3.8) is 0 Å². The molecule has 0 radical (unpaired) electrons. The second kappa shape index (κ2) is 9.25. The molecule has 1 aromatic heterocycles. The number of hydrogen-bond acceptors (Lipinski definition) is 4. The van der Waals surface area contributed by atoms with Crippen molar-refractivity contribution in [1.29, 1.82) is 0 Å². The average Bonchev–Trinajstić information content (AvgIpc) is 3.54. The number of nitrogens with zero attached hydrogens (tertiary/aromatic N) is 3. The lowest BCUT2D eigenvalue weighted by atomic mass is 9.49. The smallest absolute Gasteiger partial charge is 0.289 e. The molecule has 9 rings (SSSR count). The van der Waals surface area contributed by atoms with Gasteiger partial charge in [-0.15, -0.1) is 0 Å². The number of hydrogen-bond donors (Lipinski definition) is 1. The van der Waals surface area contributed by atoms with Gasteiger partial charge >= 0.3 is 0 Å². The second-order valence-electron chi connectivity index (χ2n) is 12.1. The summed E-state index contributed by atoms with van der Waals surface area (Å²) < 4.78 is 30.8. The first-order chi connectivity index (χ1) is 19.3. The monoisotopic (exact) mass is 540 g/mol. The van der Waals surface area contributed by atoms with Crippen molar-refractivity contribution in [3.05, 3.63) is 104 Å². The van der Waals surface area contributed by atoms with E-state index in [4.69, 9.17) is 5.84 Å². The maximum Gasteiger partial charge on any atom is 0.289 e. The highest BCUT2D eigenvalue weighted by Gasteiger charge is 2.51. The Labute approximate surface area is 229 Å². The first-order valence-electron chi connectivity index (χ1n) is 13.9. The van der Waals surface area contributed by atoms with Gasteiger partial charge in [-0.3, -0.25) is 14.2 Å². The summed E-state index contributed by atoms with van der Waals surface area (Å²) in [4.78, 5) is 27.2. The van der Waals surface area contributed by atoms with E-state index in [1.54, 1.807) is 4.57 Å². The lowest BCUT2D eigenvalue weighted by Gasteiger charge is -2.57. The molecule has 6 aliphatic rings. The molecule has 3 aromatic rings. The summed E-state index contributed by atoms with van der Waals surface area (Å²) in [6, 6.07) is 17.8. The molecule has 4 bridgehead atoms. The molecule has 4 saturated carbocycles. The van der Waals surface area contributed by atoms with Gasteiger partial charge < -0.3 is 10.4 Å². The number of halogens is 2. The lowest BCUT2D eigenvalue weighted by molar-refractivity contribution is -0.0617. The molecular weight excluding hydrogens is 510 g/mol. The van der Waals surface area contributed by atoms with Crippen LogP contribution >= 0.6 is 0 Å². The Morgan fingerprint density at radius 2 is 1.38 bits per heavy atom. The summed E-state index contributed by atoms with van der Waals surface area (Å²) in [5, 5.41) is 3.15. The summed E-state index contributed by atoms with van der Waals surface area (Å²) >= 11 is 0. The van der Waals surface area contributed by atoms with Crippen molar-refractivity contribution in [2.75, 3.05) is 0 Å². The van der Waals surface area contributed by atoms with Gasteiger partial charge in [0.1, 0.15) is 11.6 Å². The molecule has 40 heavy (non-hydrogen) atoms. The third kappa shape index (κ3) is 4.26. The third-order valence-corrected chi connectivity index (χ3v) is 9.31. The Kier molecular flexibility index (Phi) is 5.77. The van der Waals surface area contributed by atoms with Crippen LogP contribution in [0.15, 0.2) is 81.4 Å². The molecule has 8 heteroatoms. The fourth-order valence-electron chi connectivity index (χ4n) is 8.06. The largest absolute Gasteiger partial charge is 0.322 e. The van der Waals surface area contributed by atoms with E-state index in [1.165, 1.54) is 77.4 Å². The van der Waals surface area contributed by atoms with E-state index in [-0.39, 0.29) is 10.9 Å². The van der Waals surface area contributed by atoms with Crippen LogP contribution in [0.3, 0.4) is 0 Å². The lowest BCUT2D eigenvalue weighted by Crippen LogP contribution is -2.51. The average molecular weight is 541 g/mol. The predicted molar refractivity (Wildman–Crippen MR) is 150 cm³/mol. The quantitative estimate of drug-likeness (QED) is 0.256. The fraction of sp³-hybridized carbons (Fsp3) is 0.344. The van der Waals surface area contributed by atoms with Gasteiger partial charge in [0.25, 0.3) is 11.1 Å². The maximum absolute atomic E-state index is 14.5. The first kappa shape index (κ1) is 24.9. The summed E-state index contributed by atoms with van der Waals surface area (Å²) in [5.41, 5.74) is 2.42. The molecule has 204 valence electrons. The van der Waals surface area contributed by atoms with Crippen LogP contribution in [0.5, 0.6) is 0 Å². The third-order valence-electron chi connectivity index (χ3n) is 9.31. The minimum absolute atomic E-state index is 0.0239. The van der Waals surface area contributed by atoms with E-state index < -0.39 is 28.1 Å². The van der Waals surface area contributed by atoms with Gasteiger partial charge in [0, 0.05) is 18.3 Å². The van der Waals surface area contributed by atoms with Gasteiger partial charge in [-0.2, -0.15) is 5.10 Å². The Hall–Kier alpha value is -4.07. The van der Waals surface area contributed by atoms with Gasteiger partial charge in [-0.05, 0) is 115 Å². The van der Waals surface area contributed by atoms with E-state index in [9.17, 15) is 18.4 Å². The molecule has 6 aliphatic carbocycles. The van der Waals surface area contributed by atoms with Crippen molar-refractivity contribution in [3.8, 4) is 16.8 Å². The molecule has 0 saturated heterocycles. The van der Waals surface area contributed by atoms with E-state index >= 15 is 0 Å². The molecule has 0 atom stereocenters. The molecule has 2 aromatic carbocycles. The van der Waals surface area contributed by atoms with Crippen LogP contribution in [0.1, 0.15) is 38.5 Å². The molecule has 2 N–H and O–H groups in total. The van der Waals surface area contributed by atoms with Crippen molar-refractivity contribution >= 4 is 11.0 Å². The van der Waals surface area contributed by atoms with Crippen LogP contribution < -0.4 is 22.3 Å². The zero-order chi connectivity index (χ0) is 27.6. The molecular formula is C32H30F2N4O2. The van der Waals surface area contributed by atoms with Crippen LogP contribution in [-0.2, 0) is 6.54 Å². The zero-order valence-corrected chi connectivity index (χ0v) is 22.0. The highest BCUT2D eigenvalue weighted by molar-refractivity contribution is 5.80. The highest BCUT2D eigenvalue weighted by atomic mass is 19.1. The van der Waals surface area contributed by atoms with Crippen molar-refractivity contribution < 1.29 is 8.78 Å². The van der Waals surface area contributed by atoms with E-state index in [1.807, 2.05) is 0 Å². The minimum atomic E-state index is -0.765. The van der Waals surface area contributed by atoms with Crippen molar-refractivity contribution in [2.24, 2.45) is 34.1 Å². The van der Waals surface area contributed by atoms with Gasteiger partial charge in [0.05, 0.1) is 11.0 Å². The fourth-order valence-corrected chi connectivity index (χ4v) is 8.06. The van der Waals surface area contributed by atoms with Crippen molar-refractivity contribution in [2.45, 2.75) is 45.1 Å². The van der Waals surface area contributed by atoms with Crippen LogP contribution in [0.25, 0.3) is 27.8 Å². The summed E-state index contributed by atoms with van der Waals surface area (Å²) in [6.45, 7) is 0.442. The Morgan fingerprint density at radius 3 is 1.90 bits per heavy atom. The van der Waals surface area contributed by atoms with E-state index in [2.05, 4.69) is 29.4 Å². The molecule has 0 amide bonds. The van der Waals surface area contributed by atoms with Gasteiger partial charge in [0.2, 0.25) is 5.36 Å². The number of fused-ring (bicyclic) bond motifs is 2. The van der Waals surface area contributed by atoms with Crippen LogP contribution in [0.2, 0.25) is 0 Å². The number of rotatable bonds is 3. The Bertz CT molecular complexity index is 1790. The second-order valence-corrected chi connectivity index (χ2v) is 12.1. The standard InChI is InChI=1S/C26H26F2N4O2.C6H4/c27-18-1-4-20(5-2-18)32-22-10-19(28)3-6-21(22)31(24(33)23(30-29)25(32)34)14-26-11-15-7-16(12-26)9-17(8-15)13-26;1-2-5-4-6(5)3-1/h1-6,10,15-17H,7-9,11-14,29H2;1-4H. The van der Waals surface area contributed by atoms with E-state index in [0.717, 1.165) is 19.3 Å². The SMILES string of the molecule is NN=c1c(=O)n(CC23CC4CC(CC(C4)C2)C3)c2ccc(F)cc2n(-c2ccc(F)cc2)c1=O.c1cc2cc-2c1. The van der Waals surface area contributed by atoms with Crippen molar-refractivity contribution in [1.82, 2.24) is 9.13 Å². The predicted octanol–water partition coefficient (Wildman–Crippen LogP) is 5.09. The minimum Gasteiger partial charge on any atom is -0.322 e. The van der Waals surface area contributed by atoms with Gasteiger partial charge in [-0.25, -0.2) is 8.78 Å². The van der Waals surface area contributed by atoms with Crippen LogP contribution in [0.4, 0.5) is 8.78 Å². The highest BCUT2D eigenvalue weighted by Crippen LogP contribution is 2.60. The maximum atomic E-state index is 14.5. The zero-order valence-electron chi connectivity index (χ0n) is 22.0. The van der Waals surface area contributed by atoms with Crippen LogP contribution in [-0.4, -0.2) is 9.13 Å². The number of benzene rings is 3.